The second-order valence-corrected chi connectivity index (χ2v) is 4.52. The molecule has 18 heavy (non-hydrogen) atoms. The zero-order valence-electron chi connectivity index (χ0n) is 10.8. The molecular weight excluding hydrogens is 230 g/mol. The van der Waals surface area contributed by atoms with E-state index < -0.39 is 5.54 Å². The minimum absolute atomic E-state index is 0.0622. The molecule has 2 atom stereocenters. The Morgan fingerprint density at radius 2 is 2.00 bits per heavy atom. The lowest BCUT2D eigenvalue weighted by atomic mass is 10.1. The summed E-state index contributed by atoms with van der Waals surface area (Å²) in [7, 11) is 0. The highest BCUT2D eigenvalue weighted by molar-refractivity contribution is 5.86. The molecule has 1 saturated carbocycles. The van der Waals surface area contributed by atoms with Crippen molar-refractivity contribution in [3.8, 4) is 5.75 Å². The van der Waals surface area contributed by atoms with Crippen molar-refractivity contribution < 1.29 is 14.3 Å². The Morgan fingerprint density at radius 1 is 1.33 bits per heavy atom. The molecule has 0 bridgehead atoms. The van der Waals surface area contributed by atoms with Gasteiger partial charge in [-0.25, -0.2) is 0 Å². The fraction of sp³-hybridized carbons (Fsp3) is 0.500. The van der Waals surface area contributed by atoms with Crippen molar-refractivity contribution in [3.63, 3.8) is 0 Å². The minimum atomic E-state index is -0.830. The van der Waals surface area contributed by atoms with Gasteiger partial charge in [-0.1, -0.05) is 12.1 Å². The van der Waals surface area contributed by atoms with Gasteiger partial charge in [0.25, 0.3) is 0 Å². The van der Waals surface area contributed by atoms with E-state index in [0.717, 1.165) is 11.3 Å². The molecule has 4 nitrogen and oxygen atoms in total. The molecule has 1 aromatic rings. The summed E-state index contributed by atoms with van der Waals surface area (Å²) in [5.41, 5.74) is 6.28. The number of ether oxygens (including phenoxy) is 2. The summed E-state index contributed by atoms with van der Waals surface area (Å²) in [6.07, 6.45) is 0.653. The van der Waals surface area contributed by atoms with Crippen molar-refractivity contribution in [3.05, 3.63) is 29.8 Å². The molecule has 2 rings (SSSR count). The number of carbonyl (C=O) groups excluding carboxylic acids is 1. The maximum Gasteiger partial charge on any atom is 0.326 e. The molecule has 1 aliphatic rings. The quantitative estimate of drug-likeness (QED) is 0.809. The van der Waals surface area contributed by atoms with Crippen LogP contribution in [0, 0.1) is 0 Å². The first-order valence-electron chi connectivity index (χ1n) is 6.30. The van der Waals surface area contributed by atoms with E-state index in [1.54, 1.807) is 6.92 Å². The zero-order valence-corrected chi connectivity index (χ0v) is 10.8. The molecule has 0 heterocycles. The Kier molecular flexibility index (Phi) is 3.57. The molecule has 2 unspecified atom stereocenters. The number of rotatable bonds is 5. The Morgan fingerprint density at radius 3 is 2.56 bits per heavy atom. The van der Waals surface area contributed by atoms with Gasteiger partial charge in [-0.05, 0) is 38.0 Å². The van der Waals surface area contributed by atoms with Crippen molar-refractivity contribution in [1.29, 1.82) is 0 Å². The fourth-order valence-corrected chi connectivity index (χ4v) is 2.15. The Labute approximate surface area is 107 Å². The van der Waals surface area contributed by atoms with Gasteiger partial charge in [-0.3, -0.25) is 4.79 Å². The summed E-state index contributed by atoms with van der Waals surface area (Å²) in [4.78, 5) is 11.7. The lowest BCUT2D eigenvalue weighted by Crippen LogP contribution is -2.36. The SMILES string of the molecule is CCOC(=O)C1(N)CC1c1ccc(OCC)cc1. The first kappa shape index (κ1) is 12.9. The summed E-state index contributed by atoms with van der Waals surface area (Å²) >= 11 is 0. The number of esters is 1. The van der Waals surface area contributed by atoms with E-state index in [1.165, 1.54) is 0 Å². The third-order valence-electron chi connectivity index (χ3n) is 3.25. The molecule has 0 radical (unpaired) electrons. The van der Waals surface area contributed by atoms with Crippen LogP contribution in [-0.4, -0.2) is 24.7 Å². The summed E-state index contributed by atoms with van der Waals surface area (Å²) < 4.78 is 10.4. The van der Waals surface area contributed by atoms with E-state index in [4.69, 9.17) is 15.2 Å². The lowest BCUT2D eigenvalue weighted by molar-refractivity contribution is -0.145. The average molecular weight is 249 g/mol. The topological polar surface area (TPSA) is 61.5 Å². The first-order chi connectivity index (χ1) is 8.61. The second-order valence-electron chi connectivity index (χ2n) is 4.52. The molecule has 4 heteroatoms. The van der Waals surface area contributed by atoms with Crippen LogP contribution >= 0.6 is 0 Å². The van der Waals surface area contributed by atoms with Gasteiger partial charge in [-0.15, -0.1) is 0 Å². The van der Waals surface area contributed by atoms with Crippen molar-refractivity contribution >= 4 is 5.97 Å². The van der Waals surface area contributed by atoms with Gasteiger partial charge in [0.1, 0.15) is 11.3 Å². The maximum absolute atomic E-state index is 11.7. The Balaban J connectivity index is 2.04. The summed E-state index contributed by atoms with van der Waals surface area (Å²) in [6, 6.07) is 7.73. The van der Waals surface area contributed by atoms with E-state index >= 15 is 0 Å². The number of nitrogens with two attached hydrogens (primary N) is 1. The van der Waals surface area contributed by atoms with E-state index in [2.05, 4.69) is 0 Å². The molecule has 0 spiro atoms. The van der Waals surface area contributed by atoms with Gasteiger partial charge in [0.2, 0.25) is 0 Å². The standard InChI is InChI=1S/C14H19NO3/c1-3-17-11-7-5-10(6-8-11)12-9-14(12,15)13(16)18-4-2/h5-8,12H,3-4,9,15H2,1-2H3. The summed E-state index contributed by atoms with van der Waals surface area (Å²) in [6.45, 7) is 4.75. The van der Waals surface area contributed by atoms with Crippen LogP contribution in [0.15, 0.2) is 24.3 Å². The van der Waals surface area contributed by atoms with Gasteiger partial charge >= 0.3 is 5.97 Å². The number of hydrogen-bond donors (Lipinski definition) is 1. The van der Waals surface area contributed by atoms with Gasteiger partial charge in [0, 0.05) is 5.92 Å². The molecule has 98 valence electrons. The number of benzene rings is 1. The minimum Gasteiger partial charge on any atom is -0.494 e. The molecule has 2 N–H and O–H groups in total. The Bertz CT molecular complexity index is 429. The number of carbonyl (C=O) groups is 1. The highest BCUT2D eigenvalue weighted by Crippen LogP contribution is 2.50. The van der Waals surface area contributed by atoms with E-state index in [9.17, 15) is 4.79 Å². The molecule has 0 saturated heterocycles. The molecule has 1 aliphatic carbocycles. The zero-order chi connectivity index (χ0) is 13.2. The van der Waals surface area contributed by atoms with Crippen LogP contribution in [0.25, 0.3) is 0 Å². The predicted molar refractivity (Wildman–Crippen MR) is 68.5 cm³/mol. The van der Waals surface area contributed by atoms with Crippen molar-refractivity contribution in [2.45, 2.75) is 31.7 Å². The number of hydrogen-bond acceptors (Lipinski definition) is 4. The normalized spacial score (nSPS) is 25.6. The van der Waals surface area contributed by atoms with Gasteiger partial charge < -0.3 is 15.2 Å². The van der Waals surface area contributed by atoms with E-state index in [-0.39, 0.29) is 11.9 Å². The molecule has 1 aromatic carbocycles. The first-order valence-corrected chi connectivity index (χ1v) is 6.30. The van der Waals surface area contributed by atoms with Crippen LogP contribution in [0.1, 0.15) is 31.7 Å². The van der Waals surface area contributed by atoms with Gasteiger partial charge in [-0.2, -0.15) is 0 Å². The van der Waals surface area contributed by atoms with Crippen LogP contribution < -0.4 is 10.5 Å². The van der Waals surface area contributed by atoms with Crippen LogP contribution in [0.5, 0.6) is 5.75 Å². The summed E-state index contributed by atoms with van der Waals surface area (Å²) in [5.74, 6) is 0.594. The van der Waals surface area contributed by atoms with Gasteiger partial charge in [0.15, 0.2) is 0 Å². The third-order valence-corrected chi connectivity index (χ3v) is 3.25. The maximum atomic E-state index is 11.7. The largest absolute Gasteiger partial charge is 0.494 e. The third kappa shape index (κ3) is 2.34. The summed E-state index contributed by atoms with van der Waals surface area (Å²) in [5, 5.41) is 0. The highest BCUT2D eigenvalue weighted by Gasteiger charge is 2.59. The van der Waals surface area contributed by atoms with E-state index in [0.29, 0.717) is 19.6 Å². The van der Waals surface area contributed by atoms with Crippen molar-refractivity contribution in [2.24, 2.45) is 5.73 Å². The molecule has 1 fully saturated rings. The van der Waals surface area contributed by atoms with Crippen molar-refractivity contribution in [1.82, 2.24) is 0 Å². The molecular formula is C14H19NO3. The van der Waals surface area contributed by atoms with Crippen LogP contribution in [0.2, 0.25) is 0 Å². The van der Waals surface area contributed by atoms with Crippen LogP contribution in [0.4, 0.5) is 0 Å². The van der Waals surface area contributed by atoms with Crippen molar-refractivity contribution in [2.75, 3.05) is 13.2 Å². The Hall–Kier alpha value is -1.55. The molecule has 0 aromatic heterocycles. The van der Waals surface area contributed by atoms with Gasteiger partial charge in [0.05, 0.1) is 13.2 Å². The fourth-order valence-electron chi connectivity index (χ4n) is 2.15. The molecule has 0 amide bonds. The van der Waals surface area contributed by atoms with Crippen LogP contribution in [0.3, 0.4) is 0 Å². The second kappa shape index (κ2) is 4.98. The average Bonchev–Trinajstić information content (AvgIpc) is 3.05. The molecule has 0 aliphatic heterocycles. The smallest absolute Gasteiger partial charge is 0.326 e. The van der Waals surface area contributed by atoms with E-state index in [1.807, 2.05) is 31.2 Å². The van der Waals surface area contributed by atoms with Crippen LogP contribution in [-0.2, 0) is 9.53 Å². The predicted octanol–water partition coefficient (Wildman–Crippen LogP) is 1.83. The highest BCUT2D eigenvalue weighted by atomic mass is 16.5. The monoisotopic (exact) mass is 249 g/mol. The lowest BCUT2D eigenvalue weighted by Gasteiger charge is -2.10.